The van der Waals surface area contributed by atoms with Crippen LogP contribution < -0.4 is 29.0 Å². The second kappa shape index (κ2) is 10.3. The number of aromatic amines is 1. The molecule has 2 aromatic heterocycles. The number of methoxy groups -OCH3 is 4. The SMILES string of the molecule is COc1ccc(CCOc2c(C(=O)Nc3nn[nH]n3)sc3cc(OC)c(OC)cc23)cc1OC. The van der Waals surface area contributed by atoms with Gasteiger partial charge in [-0.25, -0.2) is 0 Å². The molecule has 4 aromatic rings. The summed E-state index contributed by atoms with van der Waals surface area (Å²) in [5.74, 6) is 2.45. The normalized spacial score (nSPS) is 10.7. The Morgan fingerprint density at radius 1 is 0.971 bits per heavy atom. The summed E-state index contributed by atoms with van der Waals surface area (Å²) in [5.41, 5.74) is 0.995. The molecule has 0 aliphatic carbocycles. The molecule has 2 N–H and O–H groups in total. The second-order valence-electron chi connectivity index (χ2n) is 6.94. The van der Waals surface area contributed by atoms with E-state index in [1.165, 1.54) is 11.3 Å². The molecule has 0 aliphatic rings. The third-order valence-electron chi connectivity index (χ3n) is 5.01. The van der Waals surface area contributed by atoms with Crippen molar-refractivity contribution in [3.05, 3.63) is 40.8 Å². The summed E-state index contributed by atoms with van der Waals surface area (Å²) >= 11 is 1.26. The maximum Gasteiger partial charge on any atom is 0.272 e. The van der Waals surface area contributed by atoms with Gasteiger partial charge in [-0.2, -0.15) is 5.21 Å². The van der Waals surface area contributed by atoms with Crippen LogP contribution in [0.3, 0.4) is 0 Å². The number of anilines is 1. The zero-order valence-corrected chi connectivity index (χ0v) is 19.8. The number of carbonyl (C=O) groups is 1. The summed E-state index contributed by atoms with van der Waals surface area (Å²) in [6.45, 7) is 0.318. The summed E-state index contributed by atoms with van der Waals surface area (Å²) in [4.78, 5) is 13.4. The van der Waals surface area contributed by atoms with Crippen LogP contribution in [0.15, 0.2) is 30.3 Å². The average molecular weight is 486 g/mol. The first-order valence-corrected chi connectivity index (χ1v) is 11.0. The molecule has 11 nitrogen and oxygen atoms in total. The molecule has 0 atom stereocenters. The molecule has 2 aromatic carbocycles. The van der Waals surface area contributed by atoms with Crippen molar-refractivity contribution >= 4 is 33.3 Å². The number of benzene rings is 2. The van der Waals surface area contributed by atoms with Gasteiger partial charge < -0.3 is 23.7 Å². The number of H-pyrrole nitrogens is 1. The molecule has 0 radical (unpaired) electrons. The number of thiophene rings is 1. The highest BCUT2D eigenvalue weighted by molar-refractivity contribution is 7.21. The third-order valence-corrected chi connectivity index (χ3v) is 6.14. The van der Waals surface area contributed by atoms with Crippen LogP contribution in [0.25, 0.3) is 10.1 Å². The average Bonchev–Trinajstić information content (AvgIpc) is 3.50. The smallest absolute Gasteiger partial charge is 0.272 e. The Morgan fingerprint density at radius 2 is 1.68 bits per heavy atom. The molecule has 2 heterocycles. The van der Waals surface area contributed by atoms with E-state index in [1.54, 1.807) is 34.5 Å². The zero-order chi connectivity index (χ0) is 24.1. The molecule has 1 amide bonds. The summed E-state index contributed by atoms with van der Waals surface area (Å²) in [5, 5.41) is 16.7. The summed E-state index contributed by atoms with van der Waals surface area (Å²) in [7, 11) is 6.29. The molecular formula is C22H23N5O6S. The maximum absolute atomic E-state index is 13.0. The number of tetrazole rings is 1. The van der Waals surface area contributed by atoms with E-state index < -0.39 is 5.91 Å². The lowest BCUT2D eigenvalue weighted by Gasteiger charge is -2.11. The standard InChI is InChI=1S/C22H23N5O6S/c1-29-14-6-5-12(9-15(14)30-2)7-8-33-19-13-10-16(31-3)17(32-4)11-18(13)34-20(19)21(28)23-22-24-26-27-25-22/h5-6,9-11H,7-8H2,1-4H3,(H2,23,24,25,26,27,28). The van der Waals surface area contributed by atoms with Crippen molar-refractivity contribution in [3.63, 3.8) is 0 Å². The number of ether oxygens (including phenoxy) is 5. The number of fused-ring (bicyclic) bond motifs is 1. The Labute approximate surface area is 198 Å². The fraction of sp³-hybridized carbons (Fsp3) is 0.273. The van der Waals surface area contributed by atoms with Crippen LogP contribution >= 0.6 is 11.3 Å². The first kappa shape index (κ1) is 23.1. The number of nitrogens with zero attached hydrogens (tertiary/aromatic N) is 3. The van der Waals surface area contributed by atoms with Crippen LogP contribution in [-0.4, -0.2) is 61.6 Å². The van der Waals surface area contributed by atoms with Crippen molar-refractivity contribution < 1.29 is 28.5 Å². The van der Waals surface area contributed by atoms with Crippen LogP contribution in [-0.2, 0) is 6.42 Å². The van der Waals surface area contributed by atoms with Crippen molar-refractivity contribution in [2.45, 2.75) is 6.42 Å². The third kappa shape index (κ3) is 4.66. The molecule has 4 rings (SSSR count). The minimum atomic E-state index is -0.415. The fourth-order valence-corrected chi connectivity index (χ4v) is 4.43. The molecule has 0 saturated carbocycles. The van der Waals surface area contributed by atoms with Crippen LogP contribution in [0.2, 0.25) is 0 Å². The zero-order valence-electron chi connectivity index (χ0n) is 19.0. The minimum Gasteiger partial charge on any atom is -0.493 e. The van der Waals surface area contributed by atoms with E-state index in [2.05, 4.69) is 25.9 Å². The number of nitrogens with one attached hydrogen (secondary N) is 2. The van der Waals surface area contributed by atoms with Gasteiger partial charge in [-0.3, -0.25) is 10.1 Å². The fourth-order valence-electron chi connectivity index (χ4n) is 3.37. The van der Waals surface area contributed by atoms with Gasteiger partial charge in [0, 0.05) is 22.6 Å². The Bertz CT molecular complexity index is 1290. The predicted octanol–water partition coefficient (Wildman–Crippen LogP) is 3.32. The van der Waals surface area contributed by atoms with Gasteiger partial charge in [0.2, 0.25) is 0 Å². The van der Waals surface area contributed by atoms with Crippen molar-refractivity contribution in [3.8, 4) is 28.7 Å². The molecule has 0 unspecified atom stereocenters. The summed E-state index contributed by atoms with van der Waals surface area (Å²) in [6.07, 6.45) is 0.580. The van der Waals surface area contributed by atoms with Crippen molar-refractivity contribution in [1.29, 1.82) is 0 Å². The van der Waals surface area contributed by atoms with E-state index in [9.17, 15) is 4.79 Å². The number of carbonyl (C=O) groups excluding carboxylic acids is 1. The number of aromatic nitrogens is 4. The Hall–Kier alpha value is -4.06. The topological polar surface area (TPSA) is 130 Å². The number of rotatable bonds is 10. The van der Waals surface area contributed by atoms with E-state index in [1.807, 2.05) is 24.3 Å². The molecule has 0 aliphatic heterocycles. The Morgan fingerprint density at radius 3 is 2.35 bits per heavy atom. The quantitative estimate of drug-likeness (QED) is 0.347. The van der Waals surface area contributed by atoms with Crippen LogP contribution in [0.5, 0.6) is 28.7 Å². The largest absolute Gasteiger partial charge is 0.493 e. The molecule has 178 valence electrons. The second-order valence-corrected chi connectivity index (χ2v) is 7.99. The lowest BCUT2D eigenvalue weighted by atomic mass is 10.1. The molecular weight excluding hydrogens is 462 g/mol. The molecule has 0 bridgehead atoms. The van der Waals surface area contributed by atoms with E-state index in [4.69, 9.17) is 23.7 Å². The summed E-state index contributed by atoms with van der Waals surface area (Å²) < 4.78 is 28.5. The lowest BCUT2D eigenvalue weighted by Crippen LogP contribution is -2.13. The maximum atomic E-state index is 13.0. The van der Waals surface area contributed by atoms with Crippen LogP contribution in [0, 0.1) is 0 Å². The minimum absolute atomic E-state index is 0.0638. The van der Waals surface area contributed by atoms with Gasteiger partial charge in [-0.15, -0.1) is 16.4 Å². The molecule has 0 spiro atoms. The van der Waals surface area contributed by atoms with Crippen molar-refractivity contribution in [2.24, 2.45) is 0 Å². The first-order chi connectivity index (χ1) is 16.6. The van der Waals surface area contributed by atoms with Gasteiger partial charge in [0.1, 0.15) is 4.88 Å². The van der Waals surface area contributed by atoms with E-state index >= 15 is 0 Å². The molecule has 0 fully saturated rings. The van der Waals surface area contributed by atoms with Crippen LogP contribution in [0.1, 0.15) is 15.2 Å². The summed E-state index contributed by atoms with van der Waals surface area (Å²) in [6, 6.07) is 9.28. The lowest BCUT2D eigenvalue weighted by molar-refractivity contribution is 0.102. The van der Waals surface area contributed by atoms with Crippen LogP contribution in [0.4, 0.5) is 5.95 Å². The Balaban J connectivity index is 1.64. The first-order valence-electron chi connectivity index (χ1n) is 10.1. The predicted molar refractivity (Wildman–Crippen MR) is 126 cm³/mol. The van der Waals surface area contributed by atoms with E-state index in [0.717, 1.165) is 15.6 Å². The number of hydrogen-bond acceptors (Lipinski definition) is 10. The number of amides is 1. The number of hydrogen-bond donors (Lipinski definition) is 2. The molecule has 0 saturated heterocycles. The van der Waals surface area contributed by atoms with E-state index in [-0.39, 0.29) is 5.95 Å². The van der Waals surface area contributed by atoms with Crippen molar-refractivity contribution in [2.75, 3.05) is 40.4 Å². The van der Waals surface area contributed by atoms with Gasteiger partial charge >= 0.3 is 0 Å². The molecule has 34 heavy (non-hydrogen) atoms. The van der Waals surface area contributed by atoms with E-state index in [0.29, 0.717) is 46.7 Å². The molecule has 12 heteroatoms. The highest BCUT2D eigenvalue weighted by Gasteiger charge is 2.23. The van der Waals surface area contributed by atoms with Gasteiger partial charge in [-0.1, -0.05) is 11.2 Å². The van der Waals surface area contributed by atoms with Gasteiger partial charge in [0.25, 0.3) is 11.9 Å². The highest BCUT2D eigenvalue weighted by Crippen LogP contribution is 2.43. The highest BCUT2D eigenvalue weighted by atomic mass is 32.1. The van der Waals surface area contributed by atoms with Gasteiger partial charge in [-0.05, 0) is 29.0 Å². The Kier molecular flexibility index (Phi) is 6.97. The van der Waals surface area contributed by atoms with Gasteiger partial charge in [0.15, 0.2) is 28.7 Å². The van der Waals surface area contributed by atoms with Crippen molar-refractivity contribution in [1.82, 2.24) is 20.6 Å². The van der Waals surface area contributed by atoms with Gasteiger partial charge in [0.05, 0.1) is 35.0 Å². The monoisotopic (exact) mass is 485 g/mol.